The van der Waals surface area contributed by atoms with Crippen molar-refractivity contribution in [2.24, 2.45) is 20.7 Å². The molecule has 0 fully saturated rings. The Kier molecular flexibility index (Phi) is 11.3. The Morgan fingerprint density at radius 1 is 0.977 bits per heavy atom. The number of aliphatic imine (C=N–C) groups is 3. The molecule has 3 amide bonds. The van der Waals surface area contributed by atoms with Gasteiger partial charge in [0.2, 0.25) is 5.91 Å². The topological polar surface area (TPSA) is 175 Å². The lowest BCUT2D eigenvalue weighted by molar-refractivity contribution is -0.116. The number of hydrogen-bond donors (Lipinski definition) is 5. The Bertz CT molecular complexity index is 1500. The molecule has 226 valence electrons. The van der Waals surface area contributed by atoms with E-state index in [1.807, 2.05) is 47.0 Å². The third-order valence-electron chi connectivity index (χ3n) is 5.67. The minimum absolute atomic E-state index is 0.0980. The standard InChI is InChI=1S/C30H38N10O3/c1-30(2,3)25-16-27(39-43-25)38-29(42)37-23-13-11-21(12-14-23)34-18-33-19-35-26(32-4)15-24(31)20-7-9-22(10-8-20)36-28(41)17-40(5)6/h7-16,18-19H,17,31H2,1-6H3,(H,36,41)(H,32,33,34,35)(H2,37,38,39,42). The fraction of sp³-hybridized carbons (Fsp3) is 0.267. The predicted molar refractivity (Wildman–Crippen MR) is 174 cm³/mol. The highest BCUT2D eigenvalue weighted by Crippen LogP contribution is 2.24. The molecule has 0 saturated heterocycles. The lowest BCUT2D eigenvalue weighted by Gasteiger charge is -2.12. The normalized spacial score (nSPS) is 12.6. The molecule has 6 N–H and O–H groups in total. The molecule has 0 unspecified atom stereocenters. The van der Waals surface area contributed by atoms with Crippen molar-refractivity contribution in [3.63, 3.8) is 0 Å². The maximum absolute atomic E-state index is 12.3. The zero-order valence-electron chi connectivity index (χ0n) is 25.2. The summed E-state index contributed by atoms with van der Waals surface area (Å²) in [5, 5.41) is 15.1. The molecule has 0 saturated carbocycles. The van der Waals surface area contributed by atoms with Crippen molar-refractivity contribution in [3.8, 4) is 0 Å². The van der Waals surface area contributed by atoms with Crippen LogP contribution in [0.1, 0.15) is 32.1 Å². The van der Waals surface area contributed by atoms with Crippen LogP contribution in [0.3, 0.4) is 0 Å². The van der Waals surface area contributed by atoms with Crippen LogP contribution in [0.2, 0.25) is 0 Å². The van der Waals surface area contributed by atoms with Crippen LogP contribution < -0.4 is 27.0 Å². The summed E-state index contributed by atoms with van der Waals surface area (Å²) in [5.41, 5.74) is 9.26. The molecule has 43 heavy (non-hydrogen) atoms. The molecular weight excluding hydrogens is 548 g/mol. The van der Waals surface area contributed by atoms with Crippen molar-refractivity contribution < 1.29 is 14.1 Å². The molecule has 0 radical (unpaired) electrons. The molecular formula is C30H38N10O3. The maximum Gasteiger partial charge on any atom is 0.324 e. The minimum atomic E-state index is -0.434. The Balaban J connectivity index is 1.47. The van der Waals surface area contributed by atoms with Gasteiger partial charge in [0.15, 0.2) is 11.7 Å². The molecule has 0 atom stereocenters. The van der Waals surface area contributed by atoms with Crippen molar-refractivity contribution in [2.75, 3.05) is 49.0 Å². The van der Waals surface area contributed by atoms with Gasteiger partial charge in [0.05, 0.1) is 12.9 Å². The predicted octanol–water partition coefficient (Wildman–Crippen LogP) is 4.61. The number of aromatic nitrogens is 1. The van der Waals surface area contributed by atoms with E-state index < -0.39 is 6.03 Å². The van der Waals surface area contributed by atoms with Crippen molar-refractivity contribution in [2.45, 2.75) is 26.2 Å². The third kappa shape index (κ3) is 10.9. The highest BCUT2D eigenvalue weighted by molar-refractivity contribution is 6.03. The van der Waals surface area contributed by atoms with Gasteiger partial charge < -0.3 is 31.1 Å². The number of rotatable bonds is 10. The summed E-state index contributed by atoms with van der Waals surface area (Å²) in [6.45, 7) is 6.28. The number of carbonyl (C=O) groups excluding carboxylic acids is 2. The molecule has 2 aromatic carbocycles. The van der Waals surface area contributed by atoms with E-state index in [1.54, 1.807) is 60.5 Å². The molecule has 0 aliphatic heterocycles. The van der Waals surface area contributed by atoms with Crippen molar-refractivity contribution in [1.29, 1.82) is 0 Å². The molecule has 0 bridgehead atoms. The van der Waals surface area contributed by atoms with E-state index in [1.165, 1.54) is 12.7 Å². The van der Waals surface area contributed by atoms with E-state index in [9.17, 15) is 9.59 Å². The van der Waals surface area contributed by atoms with Crippen LogP contribution in [0.25, 0.3) is 5.70 Å². The number of likely N-dealkylation sites (N-methyl/N-ethyl adjacent to an activating group) is 1. The number of hydrogen-bond acceptors (Lipinski definition) is 7. The van der Waals surface area contributed by atoms with Crippen molar-refractivity contribution >= 4 is 59.0 Å². The second-order valence-electron chi connectivity index (χ2n) is 10.7. The van der Waals surface area contributed by atoms with Crippen molar-refractivity contribution in [3.05, 3.63) is 72.0 Å². The second kappa shape index (κ2) is 15.1. The zero-order valence-corrected chi connectivity index (χ0v) is 25.2. The van der Waals surface area contributed by atoms with Gasteiger partial charge in [0.25, 0.3) is 0 Å². The molecule has 3 aromatic rings. The van der Waals surface area contributed by atoms with Crippen LogP contribution in [0, 0.1) is 0 Å². The zero-order chi connectivity index (χ0) is 31.4. The molecule has 0 aliphatic carbocycles. The quantitative estimate of drug-likeness (QED) is 0.170. The SMILES string of the molecule is CN=C(C=C(N)c1ccc(NC(=O)CN(C)C)cc1)N=CN=CNc1ccc(NC(=O)Nc2cc(C(C)(C)C)on2)cc1. The third-order valence-corrected chi connectivity index (χ3v) is 5.67. The number of carbonyl (C=O) groups is 2. The monoisotopic (exact) mass is 586 g/mol. The molecule has 13 nitrogen and oxygen atoms in total. The fourth-order valence-corrected chi connectivity index (χ4v) is 3.47. The Labute approximate surface area is 251 Å². The first-order chi connectivity index (χ1) is 20.4. The first kappa shape index (κ1) is 32.2. The van der Waals surface area contributed by atoms with Crippen LogP contribution in [-0.4, -0.2) is 68.2 Å². The molecule has 0 spiro atoms. The van der Waals surface area contributed by atoms with Gasteiger partial charge in [-0.3, -0.25) is 15.1 Å². The first-order valence-electron chi connectivity index (χ1n) is 13.4. The van der Waals surface area contributed by atoms with Crippen LogP contribution in [0.5, 0.6) is 0 Å². The summed E-state index contributed by atoms with van der Waals surface area (Å²) in [5.74, 6) is 1.30. The van der Waals surface area contributed by atoms with Crippen LogP contribution >= 0.6 is 0 Å². The van der Waals surface area contributed by atoms with Crippen molar-refractivity contribution in [1.82, 2.24) is 10.1 Å². The van der Waals surface area contributed by atoms with Crippen LogP contribution in [0.15, 0.2) is 80.2 Å². The molecule has 13 heteroatoms. The number of nitrogens with two attached hydrogens (primary N) is 1. The number of nitrogens with one attached hydrogen (secondary N) is 4. The van der Waals surface area contributed by atoms with E-state index in [4.69, 9.17) is 10.3 Å². The summed E-state index contributed by atoms with van der Waals surface area (Å²) in [6.07, 6.45) is 4.45. The van der Waals surface area contributed by atoms with E-state index in [2.05, 4.69) is 41.4 Å². The Hall–Kier alpha value is -5.30. The van der Waals surface area contributed by atoms with E-state index in [0.717, 1.165) is 11.3 Å². The maximum atomic E-state index is 12.3. The van der Waals surface area contributed by atoms with E-state index in [0.29, 0.717) is 41.0 Å². The van der Waals surface area contributed by atoms with Gasteiger partial charge in [-0.15, -0.1) is 0 Å². The average Bonchev–Trinajstić information content (AvgIpc) is 3.42. The lowest BCUT2D eigenvalue weighted by atomic mass is 9.93. The Morgan fingerprint density at radius 2 is 1.60 bits per heavy atom. The summed E-state index contributed by atoms with van der Waals surface area (Å²) < 4.78 is 5.28. The number of amidine groups is 1. The second-order valence-corrected chi connectivity index (χ2v) is 10.7. The van der Waals surface area contributed by atoms with Gasteiger partial charge in [0, 0.05) is 47.4 Å². The van der Waals surface area contributed by atoms with Gasteiger partial charge in [-0.2, -0.15) is 0 Å². The van der Waals surface area contributed by atoms with Gasteiger partial charge in [-0.05, 0) is 56.1 Å². The summed E-state index contributed by atoms with van der Waals surface area (Å²) >= 11 is 0. The number of amides is 3. The fourth-order valence-electron chi connectivity index (χ4n) is 3.47. The molecule has 1 aromatic heterocycles. The summed E-state index contributed by atoms with van der Waals surface area (Å²) in [6, 6.07) is 15.5. The summed E-state index contributed by atoms with van der Waals surface area (Å²) in [7, 11) is 5.27. The number of urea groups is 1. The Morgan fingerprint density at radius 3 is 2.21 bits per heavy atom. The molecule has 3 rings (SSSR count). The average molecular weight is 587 g/mol. The molecule has 1 heterocycles. The largest absolute Gasteiger partial charge is 0.398 e. The molecule has 0 aliphatic rings. The van der Waals surface area contributed by atoms with Gasteiger partial charge in [0.1, 0.15) is 12.1 Å². The van der Waals surface area contributed by atoms with E-state index in [-0.39, 0.29) is 11.3 Å². The minimum Gasteiger partial charge on any atom is -0.398 e. The highest BCUT2D eigenvalue weighted by Gasteiger charge is 2.20. The lowest BCUT2D eigenvalue weighted by Crippen LogP contribution is -2.27. The number of anilines is 4. The van der Waals surface area contributed by atoms with Gasteiger partial charge >= 0.3 is 6.03 Å². The number of benzene rings is 2. The van der Waals surface area contributed by atoms with Gasteiger partial charge in [-0.1, -0.05) is 38.1 Å². The summed E-state index contributed by atoms with van der Waals surface area (Å²) in [4.78, 5) is 38.5. The number of nitrogens with zero attached hydrogens (tertiary/aromatic N) is 5. The van der Waals surface area contributed by atoms with Gasteiger partial charge in [-0.25, -0.2) is 14.8 Å². The first-order valence-corrected chi connectivity index (χ1v) is 13.4. The van der Waals surface area contributed by atoms with Crippen LogP contribution in [0.4, 0.5) is 27.7 Å². The van der Waals surface area contributed by atoms with Crippen LogP contribution in [-0.2, 0) is 10.2 Å². The highest BCUT2D eigenvalue weighted by atomic mass is 16.5. The smallest absolute Gasteiger partial charge is 0.324 e. The van der Waals surface area contributed by atoms with E-state index >= 15 is 0 Å².